The molecule has 31 heavy (non-hydrogen) atoms. The van der Waals surface area contributed by atoms with Gasteiger partial charge in [-0.2, -0.15) is 4.31 Å². The molecule has 1 unspecified atom stereocenters. The fraction of sp³-hybridized carbons (Fsp3) is 0.458. The number of hydrogen-bond acceptors (Lipinski definition) is 4. The lowest BCUT2D eigenvalue weighted by molar-refractivity contribution is 0.0929. The number of sulfonamides is 1. The second kappa shape index (κ2) is 9.01. The van der Waals surface area contributed by atoms with Gasteiger partial charge in [-0.15, -0.1) is 0 Å². The summed E-state index contributed by atoms with van der Waals surface area (Å²) in [4.78, 5) is 13.3. The van der Waals surface area contributed by atoms with Crippen molar-refractivity contribution in [2.45, 2.75) is 50.0 Å². The van der Waals surface area contributed by atoms with E-state index in [2.05, 4.69) is 24.4 Å². The van der Waals surface area contributed by atoms with E-state index < -0.39 is 10.0 Å². The van der Waals surface area contributed by atoms with E-state index in [-0.39, 0.29) is 22.4 Å². The first kappa shape index (κ1) is 21.8. The van der Waals surface area contributed by atoms with Crippen molar-refractivity contribution in [1.82, 2.24) is 9.62 Å². The predicted molar refractivity (Wildman–Crippen MR) is 120 cm³/mol. The number of nitrogens with one attached hydrogen (secondary N) is 1. The van der Waals surface area contributed by atoms with E-state index in [1.54, 1.807) is 6.07 Å². The van der Waals surface area contributed by atoms with Crippen LogP contribution in [0.5, 0.6) is 5.75 Å². The molecule has 0 radical (unpaired) electrons. The number of benzene rings is 2. The Morgan fingerprint density at radius 1 is 1.10 bits per heavy atom. The lowest BCUT2D eigenvalue weighted by Gasteiger charge is -2.29. The molecular formula is C24H30N2O4S. The summed E-state index contributed by atoms with van der Waals surface area (Å²) in [5.41, 5.74) is 2.63. The van der Waals surface area contributed by atoms with Crippen molar-refractivity contribution in [3.8, 4) is 5.75 Å². The van der Waals surface area contributed by atoms with Crippen LogP contribution in [0.1, 0.15) is 60.1 Å². The number of carbonyl (C=O) groups excluding carboxylic acids is 1. The van der Waals surface area contributed by atoms with Crippen molar-refractivity contribution in [1.29, 1.82) is 0 Å². The molecule has 1 amide bonds. The second-order valence-corrected chi connectivity index (χ2v) is 10.5. The van der Waals surface area contributed by atoms with Gasteiger partial charge in [0.2, 0.25) is 10.0 Å². The van der Waals surface area contributed by atoms with E-state index >= 15 is 0 Å². The van der Waals surface area contributed by atoms with Crippen LogP contribution in [0.3, 0.4) is 0 Å². The topological polar surface area (TPSA) is 75.7 Å². The molecule has 2 aromatic rings. The zero-order valence-electron chi connectivity index (χ0n) is 18.1. The number of carbonyl (C=O) groups is 1. The van der Waals surface area contributed by atoms with Gasteiger partial charge in [-0.05, 0) is 67.3 Å². The highest BCUT2D eigenvalue weighted by atomic mass is 32.2. The average molecular weight is 443 g/mol. The Balaban J connectivity index is 1.60. The molecule has 0 aromatic heterocycles. The minimum Gasteiger partial charge on any atom is -0.496 e. The van der Waals surface area contributed by atoms with E-state index in [1.165, 1.54) is 29.1 Å². The fourth-order valence-corrected chi connectivity index (χ4v) is 6.04. The van der Waals surface area contributed by atoms with E-state index in [1.807, 2.05) is 12.1 Å². The minimum absolute atomic E-state index is 0.0917. The van der Waals surface area contributed by atoms with Crippen LogP contribution in [0.25, 0.3) is 0 Å². The first-order chi connectivity index (χ1) is 14.9. The second-order valence-electron chi connectivity index (χ2n) is 8.57. The van der Waals surface area contributed by atoms with Gasteiger partial charge in [0.15, 0.2) is 0 Å². The number of fused-ring (bicyclic) bond motifs is 1. The summed E-state index contributed by atoms with van der Waals surface area (Å²) in [6.07, 6.45) is 4.57. The van der Waals surface area contributed by atoms with Gasteiger partial charge < -0.3 is 10.1 Å². The van der Waals surface area contributed by atoms with Crippen LogP contribution in [-0.2, 0) is 16.4 Å². The van der Waals surface area contributed by atoms with Gasteiger partial charge in [-0.3, -0.25) is 4.79 Å². The third-order valence-corrected chi connectivity index (χ3v) is 8.37. The Bertz CT molecular complexity index is 1060. The number of nitrogens with zero attached hydrogens (tertiary/aromatic N) is 1. The molecule has 1 aliphatic carbocycles. The van der Waals surface area contributed by atoms with Crippen LogP contribution in [0.2, 0.25) is 0 Å². The Labute approximate surface area is 184 Å². The summed E-state index contributed by atoms with van der Waals surface area (Å²) in [5.74, 6) is 0.581. The molecule has 1 fully saturated rings. The number of methoxy groups -OCH3 is 1. The molecule has 0 bridgehead atoms. The summed E-state index contributed by atoms with van der Waals surface area (Å²) in [6.45, 7) is 3.16. The van der Waals surface area contributed by atoms with E-state index in [4.69, 9.17) is 4.74 Å². The third kappa shape index (κ3) is 4.48. The summed E-state index contributed by atoms with van der Waals surface area (Å²) in [6, 6.07) is 12.6. The molecule has 1 aliphatic heterocycles. The van der Waals surface area contributed by atoms with E-state index in [0.29, 0.717) is 24.8 Å². The third-order valence-electron chi connectivity index (χ3n) is 6.47. The van der Waals surface area contributed by atoms with Gasteiger partial charge >= 0.3 is 0 Å². The molecule has 1 atom stereocenters. The fourth-order valence-electron chi connectivity index (χ4n) is 4.54. The standard InChI is InChI=1S/C24H30N2O4S/c1-17-12-14-26(15-13-17)31(28,29)19-10-11-23(30-2)21(16-19)24(27)25-22-9-5-7-18-6-3-4-8-20(18)22/h3-4,6,8,10-11,16-17,22H,5,7,9,12-15H2,1-2H3,(H,25,27). The quantitative estimate of drug-likeness (QED) is 0.761. The number of amides is 1. The van der Waals surface area contributed by atoms with Crippen molar-refractivity contribution in [2.75, 3.05) is 20.2 Å². The van der Waals surface area contributed by atoms with Crippen molar-refractivity contribution < 1.29 is 17.9 Å². The van der Waals surface area contributed by atoms with Crippen LogP contribution in [0, 0.1) is 5.92 Å². The Hall–Kier alpha value is -2.38. The molecule has 1 N–H and O–H groups in total. The lowest BCUT2D eigenvalue weighted by atomic mass is 9.87. The van der Waals surface area contributed by atoms with E-state index in [9.17, 15) is 13.2 Å². The highest BCUT2D eigenvalue weighted by Crippen LogP contribution is 2.31. The van der Waals surface area contributed by atoms with Gasteiger partial charge in [-0.25, -0.2) is 8.42 Å². The molecule has 0 saturated carbocycles. The van der Waals surface area contributed by atoms with Crippen LogP contribution in [0.4, 0.5) is 0 Å². The molecule has 2 aliphatic rings. The van der Waals surface area contributed by atoms with Crippen LogP contribution >= 0.6 is 0 Å². The molecule has 166 valence electrons. The zero-order chi connectivity index (χ0) is 22.0. The summed E-state index contributed by atoms with van der Waals surface area (Å²) >= 11 is 0. The lowest BCUT2D eigenvalue weighted by Crippen LogP contribution is -2.38. The average Bonchev–Trinajstić information content (AvgIpc) is 2.79. The molecule has 4 rings (SSSR count). The summed E-state index contributed by atoms with van der Waals surface area (Å²) < 4.78 is 33.3. The maximum Gasteiger partial charge on any atom is 0.255 e. The van der Waals surface area contributed by atoms with Gasteiger partial charge in [0.25, 0.3) is 5.91 Å². The smallest absolute Gasteiger partial charge is 0.255 e. The first-order valence-electron chi connectivity index (χ1n) is 11.0. The molecule has 0 spiro atoms. The van der Waals surface area contributed by atoms with Crippen LogP contribution in [0.15, 0.2) is 47.4 Å². The van der Waals surface area contributed by atoms with Crippen molar-refractivity contribution in [2.24, 2.45) is 5.92 Å². The Kier molecular flexibility index (Phi) is 6.34. The minimum atomic E-state index is -3.65. The Morgan fingerprint density at radius 2 is 1.84 bits per heavy atom. The Morgan fingerprint density at radius 3 is 2.58 bits per heavy atom. The van der Waals surface area contributed by atoms with E-state index in [0.717, 1.165) is 37.7 Å². The number of ether oxygens (including phenoxy) is 1. The number of hydrogen-bond donors (Lipinski definition) is 1. The monoisotopic (exact) mass is 442 g/mol. The molecule has 1 saturated heterocycles. The SMILES string of the molecule is COc1ccc(S(=O)(=O)N2CCC(C)CC2)cc1C(=O)NC1CCCc2ccccc21. The number of aryl methyl sites for hydroxylation is 1. The predicted octanol–water partition coefficient (Wildman–Crippen LogP) is 3.92. The number of piperidine rings is 1. The molecular weight excluding hydrogens is 412 g/mol. The summed E-state index contributed by atoms with van der Waals surface area (Å²) in [7, 11) is -2.16. The highest BCUT2D eigenvalue weighted by molar-refractivity contribution is 7.89. The van der Waals surface area contributed by atoms with Gasteiger partial charge in [0.1, 0.15) is 5.75 Å². The van der Waals surface area contributed by atoms with Crippen LogP contribution in [-0.4, -0.2) is 38.8 Å². The first-order valence-corrected chi connectivity index (χ1v) is 12.4. The van der Waals surface area contributed by atoms with Crippen molar-refractivity contribution in [3.05, 3.63) is 59.2 Å². The van der Waals surface area contributed by atoms with Gasteiger partial charge in [-0.1, -0.05) is 31.2 Å². The highest BCUT2D eigenvalue weighted by Gasteiger charge is 2.30. The largest absolute Gasteiger partial charge is 0.496 e. The van der Waals surface area contributed by atoms with Gasteiger partial charge in [0.05, 0.1) is 23.6 Å². The van der Waals surface area contributed by atoms with Crippen molar-refractivity contribution >= 4 is 15.9 Å². The maximum absolute atomic E-state index is 13.2. The molecule has 7 heteroatoms. The van der Waals surface area contributed by atoms with Crippen molar-refractivity contribution in [3.63, 3.8) is 0 Å². The van der Waals surface area contributed by atoms with Gasteiger partial charge in [0, 0.05) is 13.1 Å². The van der Waals surface area contributed by atoms with Crippen LogP contribution < -0.4 is 10.1 Å². The molecule has 1 heterocycles. The maximum atomic E-state index is 13.2. The zero-order valence-corrected chi connectivity index (χ0v) is 19.0. The number of rotatable bonds is 5. The summed E-state index contributed by atoms with van der Waals surface area (Å²) in [5, 5.41) is 3.10. The normalized spacial score (nSPS) is 20.1. The molecule has 2 aromatic carbocycles. The molecule has 6 nitrogen and oxygen atoms in total.